The Labute approximate surface area is 136 Å². The van der Waals surface area contributed by atoms with E-state index in [1.165, 1.54) is 12.5 Å². The van der Waals surface area contributed by atoms with Crippen LogP contribution in [0.25, 0.3) is 0 Å². The summed E-state index contributed by atoms with van der Waals surface area (Å²) in [4.78, 5) is 22.7. The minimum atomic E-state index is -0.212. The predicted octanol–water partition coefficient (Wildman–Crippen LogP) is 1.10. The molecule has 0 aromatic carbocycles. The van der Waals surface area contributed by atoms with Crippen molar-refractivity contribution in [1.29, 1.82) is 0 Å². The van der Waals surface area contributed by atoms with Crippen LogP contribution in [0.4, 0.5) is 4.39 Å². The molecule has 2 bridgehead atoms. The summed E-state index contributed by atoms with van der Waals surface area (Å²) in [5, 5.41) is 0. The summed E-state index contributed by atoms with van der Waals surface area (Å²) >= 11 is 0. The summed E-state index contributed by atoms with van der Waals surface area (Å²) in [6.45, 7) is 5.31. The number of halogens is 1. The molecule has 1 aromatic heterocycles. The molecular weight excluding hydrogens is 295 g/mol. The first-order valence-electron chi connectivity index (χ1n) is 8.56. The fraction of sp³-hybridized carbons (Fsp3) is 0.647. The molecule has 4 aliphatic rings. The Morgan fingerprint density at radius 3 is 2.78 bits per heavy atom. The Balaban J connectivity index is 1.28. The molecule has 5 nitrogen and oxygen atoms in total. The zero-order valence-corrected chi connectivity index (χ0v) is 13.3. The van der Waals surface area contributed by atoms with Crippen LogP contribution < -0.4 is 0 Å². The predicted molar refractivity (Wildman–Crippen MR) is 84.2 cm³/mol. The van der Waals surface area contributed by atoms with Crippen LogP contribution in [0.3, 0.4) is 0 Å². The fourth-order valence-electron chi connectivity index (χ4n) is 4.19. The Morgan fingerprint density at radius 2 is 2.09 bits per heavy atom. The van der Waals surface area contributed by atoms with Crippen molar-refractivity contribution in [2.24, 2.45) is 0 Å². The third-order valence-corrected chi connectivity index (χ3v) is 5.43. The Hall–Kier alpha value is -1.53. The topological polar surface area (TPSA) is 39.7 Å². The molecule has 5 rings (SSSR count). The number of piperazine rings is 1. The molecule has 23 heavy (non-hydrogen) atoms. The number of carbonyl (C=O) groups is 1. The molecule has 5 heterocycles. The van der Waals surface area contributed by atoms with Crippen LogP contribution in [0.1, 0.15) is 25.0 Å². The summed E-state index contributed by atoms with van der Waals surface area (Å²) in [7, 11) is 0. The number of carbonyl (C=O) groups excluding carboxylic acids is 1. The first-order valence-corrected chi connectivity index (χ1v) is 8.56. The van der Waals surface area contributed by atoms with Gasteiger partial charge in [0, 0.05) is 64.0 Å². The van der Waals surface area contributed by atoms with Crippen LogP contribution in [-0.2, 0) is 11.3 Å². The van der Waals surface area contributed by atoms with Gasteiger partial charge in [0.15, 0.2) is 0 Å². The SMILES string of the molecule is O=C1CCCN1CCN1C2CC1CN(Cc1ncccc1F)C2. The number of nitrogens with zero attached hydrogens (tertiary/aromatic N) is 4. The maximum atomic E-state index is 13.7. The van der Waals surface area contributed by atoms with E-state index in [0.717, 1.165) is 45.6 Å². The number of hydrogen-bond donors (Lipinski definition) is 0. The molecule has 4 saturated heterocycles. The third kappa shape index (κ3) is 2.97. The van der Waals surface area contributed by atoms with Gasteiger partial charge in [0.1, 0.15) is 5.82 Å². The van der Waals surface area contributed by atoms with Crippen LogP contribution in [-0.4, -0.2) is 70.4 Å². The number of amides is 1. The number of likely N-dealkylation sites (tertiary alicyclic amines) is 1. The Morgan fingerprint density at radius 1 is 1.26 bits per heavy atom. The lowest BCUT2D eigenvalue weighted by molar-refractivity contribution is -0.129. The van der Waals surface area contributed by atoms with Crippen LogP contribution >= 0.6 is 0 Å². The zero-order valence-electron chi connectivity index (χ0n) is 13.3. The molecule has 124 valence electrons. The molecule has 6 heteroatoms. The van der Waals surface area contributed by atoms with Crippen molar-refractivity contribution >= 4 is 5.91 Å². The number of fused-ring (bicyclic) bond motifs is 2. The lowest BCUT2D eigenvalue weighted by Gasteiger charge is -2.56. The lowest BCUT2D eigenvalue weighted by Crippen LogP contribution is -2.69. The van der Waals surface area contributed by atoms with Crippen LogP contribution in [0.15, 0.2) is 18.3 Å². The van der Waals surface area contributed by atoms with E-state index in [2.05, 4.69) is 14.8 Å². The molecule has 0 aliphatic carbocycles. The molecule has 0 radical (unpaired) electrons. The van der Waals surface area contributed by atoms with Gasteiger partial charge >= 0.3 is 0 Å². The monoisotopic (exact) mass is 318 g/mol. The van der Waals surface area contributed by atoms with Gasteiger partial charge < -0.3 is 4.90 Å². The molecule has 0 saturated carbocycles. The van der Waals surface area contributed by atoms with Gasteiger partial charge in [-0.3, -0.25) is 19.6 Å². The zero-order chi connectivity index (χ0) is 15.8. The van der Waals surface area contributed by atoms with E-state index in [0.29, 0.717) is 30.2 Å². The molecule has 4 aliphatic heterocycles. The molecule has 2 atom stereocenters. The number of rotatable bonds is 5. The highest BCUT2D eigenvalue weighted by atomic mass is 19.1. The smallest absolute Gasteiger partial charge is 0.222 e. The second-order valence-corrected chi connectivity index (χ2v) is 6.89. The van der Waals surface area contributed by atoms with E-state index >= 15 is 0 Å². The van der Waals surface area contributed by atoms with E-state index in [-0.39, 0.29) is 5.82 Å². The van der Waals surface area contributed by atoms with Gasteiger partial charge in [-0.05, 0) is 25.0 Å². The van der Waals surface area contributed by atoms with Gasteiger partial charge in [-0.2, -0.15) is 0 Å². The van der Waals surface area contributed by atoms with Gasteiger partial charge in [-0.25, -0.2) is 4.39 Å². The number of piperidine rings is 1. The molecule has 4 fully saturated rings. The minimum absolute atomic E-state index is 0.212. The maximum absolute atomic E-state index is 13.7. The fourth-order valence-corrected chi connectivity index (χ4v) is 4.19. The number of hydrogen-bond acceptors (Lipinski definition) is 4. The first kappa shape index (κ1) is 15.0. The van der Waals surface area contributed by atoms with Crippen molar-refractivity contribution in [1.82, 2.24) is 19.7 Å². The average molecular weight is 318 g/mol. The lowest BCUT2D eigenvalue weighted by atomic mass is 9.87. The highest BCUT2D eigenvalue weighted by molar-refractivity contribution is 5.78. The van der Waals surface area contributed by atoms with Crippen LogP contribution in [0, 0.1) is 5.82 Å². The van der Waals surface area contributed by atoms with Gasteiger partial charge in [0.2, 0.25) is 5.91 Å². The van der Waals surface area contributed by atoms with E-state index < -0.39 is 0 Å². The number of pyridine rings is 1. The van der Waals surface area contributed by atoms with Crippen molar-refractivity contribution in [3.63, 3.8) is 0 Å². The van der Waals surface area contributed by atoms with Crippen LogP contribution in [0.5, 0.6) is 0 Å². The van der Waals surface area contributed by atoms with Crippen molar-refractivity contribution in [3.05, 3.63) is 29.8 Å². The normalized spacial score (nSPS) is 28.2. The van der Waals surface area contributed by atoms with Crippen molar-refractivity contribution in [2.75, 3.05) is 32.7 Å². The summed E-state index contributed by atoms with van der Waals surface area (Å²) in [6, 6.07) is 4.22. The Kier molecular flexibility index (Phi) is 4.03. The summed E-state index contributed by atoms with van der Waals surface area (Å²) in [5.41, 5.74) is 0.544. The number of aromatic nitrogens is 1. The van der Waals surface area contributed by atoms with E-state index in [1.54, 1.807) is 12.3 Å². The first-order chi connectivity index (χ1) is 11.2. The second-order valence-electron chi connectivity index (χ2n) is 6.89. The molecule has 0 N–H and O–H groups in total. The van der Waals surface area contributed by atoms with Crippen molar-refractivity contribution < 1.29 is 9.18 Å². The highest BCUT2D eigenvalue weighted by Gasteiger charge is 2.44. The van der Waals surface area contributed by atoms with Gasteiger partial charge in [-0.15, -0.1) is 0 Å². The van der Waals surface area contributed by atoms with Crippen LogP contribution in [0.2, 0.25) is 0 Å². The maximum Gasteiger partial charge on any atom is 0.222 e. The standard InChI is InChI=1S/C17H23FN4O/c18-15-3-1-5-19-16(15)12-20-10-13-9-14(11-20)22(13)8-7-21-6-2-4-17(21)23/h1,3,5,13-14H,2,4,6-12H2. The summed E-state index contributed by atoms with van der Waals surface area (Å²) < 4.78 is 13.7. The molecular formula is C17H23FN4O. The van der Waals surface area contributed by atoms with Gasteiger partial charge in [-0.1, -0.05) is 0 Å². The van der Waals surface area contributed by atoms with E-state index in [4.69, 9.17) is 0 Å². The quantitative estimate of drug-likeness (QED) is 0.815. The highest BCUT2D eigenvalue weighted by Crippen LogP contribution is 2.32. The summed E-state index contributed by atoms with van der Waals surface area (Å²) in [5.74, 6) is 0.0964. The second kappa shape index (κ2) is 6.17. The third-order valence-electron chi connectivity index (χ3n) is 5.43. The Bertz CT molecular complexity index is 584. The summed E-state index contributed by atoms with van der Waals surface area (Å²) in [6.07, 6.45) is 4.61. The van der Waals surface area contributed by atoms with Crippen molar-refractivity contribution in [3.8, 4) is 0 Å². The molecule has 2 unspecified atom stereocenters. The molecule has 1 amide bonds. The average Bonchev–Trinajstić information content (AvgIpc) is 2.95. The van der Waals surface area contributed by atoms with E-state index in [1.807, 2.05) is 4.90 Å². The van der Waals surface area contributed by atoms with E-state index in [9.17, 15) is 9.18 Å². The molecule has 1 aromatic rings. The minimum Gasteiger partial charge on any atom is -0.341 e. The molecule has 0 spiro atoms. The van der Waals surface area contributed by atoms with Crippen molar-refractivity contribution in [2.45, 2.75) is 37.9 Å². The van der Waals surface area contributed by atoms with Gasteiger partial charge in [0.25, 0.3) is 0 Å². The largest absolute Gasteiger partial charge is 0.341 e. The van der Waals surface area contributed by atoms with Gasteiger partial charge in [0.05, 0.1) is 5.69 Å².